The molecular formula is C26H24O4. The van der Waals surface area contributed by atoms with Gasteiger partial charge < -0.3 is 9.84 Å². The van der Waals surface area contributed by atoms with Crippen molar-refractivity contribution in [2.24, 2.45) is 5.92 Å². The minimum atomic E-state index is -0.982. The van der Waals surface area contributed by atoms with E-state index in [2.05, 4.69) is 6.08 Å². The molecule has 4 heteroatoms. The maximum atomic E-state index is 12.9. The van der Waals surface area contributed by atoms with Crippen LogP contribution in [-0.2, 0) is 4.79 Å². The molecule has 1 aliphatic rings. The smallest absolute Gasteiger partial charge is 0.336 e. The summed E-state index contributed by atoms with van der Waals surface area (Å²) in [6, 6.07) is 16.6. The summed E-state index contributed by atoms with van der Waals surface area (Å²) in [6.07, 6.45) is 4.56. The third-order valence-electron chi connectivity index (χ3n) is 5.76. The first-order valence-electron chi connectivity index (χ1n) is 10.2. The van der Waals surface area contributed by atoms with Crippen LogP contribution in [0.15, 0.2) is 66.2 Å². The number of allylic oxidation sites excluding steroid dienone is 2. The lowest BCUT2D eigenvalue weighted by molar-refractivity contribution is -0.139. The van der Waals surface area contributed by atoms with Crippen LogP contribution in [-0.4, -0.2) is 17.0 Å². The molecule has 152 valence electrons. The summed E-state index contributed by atoms with van der Waals surface area (Å²) in [7, 11) is 0. The number of aromatic carboxylic acids is 1. The Morgan fingerprint density at radius 2 is 1.73 bits per heavy atom. The molecule has 1 atom stereocenters. The number of fused-ring (bicyclic) bond motifs is 1. The van der Waals surface area contributed by atoms with Gasteiger partial charge in [0.05, 0.1) is 11.5 Å². The third-order valence-corrected chi connectivity index (χ3v) is 5.76. The van der Waals surface area contributed by atoms with E-state index in [4.69, 9.17) is 4.74 Å². The molecule has 0 saturated carbocycles. The van der Waals surface area contributed by atoms with E-state index in [-0.39, 0.29) is 17.5 Å². The molecule has 0 fully saturated rings. The van der Waals surface area contributed by atoms with E-state index in [0.29, 0.717) is 11.3 Å². The zero-order valence-corrected chi connectivity index (χ0v) is 17.1. The summed E-state index contributed by atoms with van der Waals surface area (Å²) < 4.78 is 5.90. The van der Waals surface area contributed by atoms with Gasteiger partial charge in [-0.1, -0.05) is 54.1 Å². The number of carbonyl (C=O) groups is 2. The van der Waals surface area contributed by atoms with Crippen LogP contribution in [0.25, 0.3) is 21.9 Å². The summed E-state index contributed by atoms with van der Waals surface area (Å²) in [4.78, 5) is 24.8. The lowest BCUT2D eigenvalue weighted by Crippen LogP contribution is -2.22. The normalized spacial score (nSPS) is 16.2. The summed E-state index contributed by atoms with van der Waals surface area (Å²) in [5.74, 6) is -0.886. The summed E-state index contributed by atoms with van der Waals surface area (Å²) in [5, 5.41) is 11.4. The van der Waals surface area contributed by atoms with Crippen molar-refractivity contribution in [3.63, 3.8) is 0 Å². The summed E-state index contributed by atoms with van der Waals surface area (Å²) in [6.45, 7) is 3.94. The number of ether oxygens (including phenoxy) is 1. The zero-order valence-electron chi connectivity index (χ0n) is 17.1. The predicted molar refractivity (Wildman–Crippen MR) is 118 cm³/mol. The number of esters is 1. The van der Waals surface area contributed by atoms with Crippen molar-refractivity contribution < 1.29 is 19.4 Å². The predicted octanol–water partition coefficient (Wildman–Crippen LogP) is 6.17. The van der Waals surface area contributed by atoms with Gasteiger partial charge in [-0.05, 0) is 67.3 Å². The Bertz CT molecular complexity index is 1170. The van der Waals surface area contributed by atoms with E-state index >= 15 is 0 Å². The average molecular weight is 400 g/mol. The van der Waals surface area contributed by atoms with Crippen molar-refractivity contribution in [2.45, 2.75) is 33.1 Å². The van der Waals surface area contributed by atoms with Gasteiger partial charge in [-0.2, -0.15) is 0 Å². The number of hydrogen-bond acceptors (Lipinski definition) is 3. The molecule has 3 aromatic rings. The Hall–Kier alpha value is -3.40. The largest absolute Gasteiger partial charge is 0.478 e. The van der Waals surface area contributed by atoms with E-state index in [1.807, 2.05) is 50.2 Å². The monoisotopic (exact) mass is 400 g/mol. The molecule has 1 aliphatic carbocycles. The van der Waals surface area contributed by atoms with Gasteiger partial charge in [0, 0.05) is 5.39 Å². The second-order valence-corrected chi connectivity index (χ2v) is 7.91. The zero-order chi connectivity index (χ0) is 21.3. The van der Waals surface area contributed by atoms with Crippen LogP contribution in [0.4, 0.5) is 0 Å². The molecule has 0 spiro atoms. The van der Waals surface area contributed by atoms with Crippen molar-refractivity contribution in [1.82, 2.24) is 0 Å². The van der Waals surface area contributed by atoms with E-state index in [9.17, 15) is 14.7 Å². The SMILES string of the molecule is CC1=CCCC(C(=O)Oc2cccc3cccc(-c4c(C)cccc4C(=O)O)c23)C1. The Morgan fingerprint density at radius 1 is 1.00 bits per heavy atom. The summed E-state index contributed by atoms with van der Waals surface area (Å²) in [5.41, 5.74) is 3.71. The quantitative estimate of drug-likeness (QED) is 0.323. The van der Waals surface area contributed by atoms with Crippen LogP contribution in [0.2, 0.25) is 0 Å². The summed E-state index contributed by atoms with van der Waals surface area (Å²) >= 11 is 0. The molecule has 3 aromatic carbocycles. The van der Waals surface area contributed by atoms with Crippen molar-refractivity contribution in [1.29, 1.82) is 0 Å². The van der Waals surface area contributed by atoms with Gasteiger partial charge in [0.15, 0.2) is 0 Å². The highest BCUT2D eigenvalue weighted by molar-refractivity contribution is 6.07. The van der Waals surface area contributed by atoms with E-state index in [1.165, 1.54) is 5.57 Å². The number of carbonyl (C=O) groups excluding carboxylic acids is 1. The second kappa shape index (κ2) is 8.15. The lowest BCUT2D eigenvalue weighted by atomic mass is 9.89. The fraction of sp³-hybridized carbons (Fsp3) is 0.231. The maximum Gasteiger partial charge on any atom is 0.336 e. The van der Waals surface area contributed by atoms with Crippen molar-refractivity contribution in [3.05, 3.63) is 77.4 Å². The first kappa shape index (κ1) is 19.9. The maximum absolute atomic E-state index is 12.9. The van der Waals surface area contributed by atoms with Gasteiger partial charge in [-0.25, -0.2) is 4.79 Å². The van der Waals surface area contributed by atoms with Gasteiger partial charge in [0.1, 0.15) is 5.75 Å². The number of carboxylic acid groups (broad SMARTS) is 1. The minimum absolute atomic E-state index is 0.148. The van der Waals surface area contributed by atoms with E-state index < -0.39 is 5.97 Å². The topological polar surface area (TPSA) is 63.6 Å². The van der Waals surface area contributed by atoms with E-state index in [1.54, 1.807) is 18.2 Å². The van der Waals surface area contributed by atoms with Gasteiger partial charge in [0.25, 0.3) is 0 Å². The second-order valence-electron chi connectivity index (χ2n) is 7.91. The molecular weight excluding hydrogens is 376 g/mol. The highest BCUT2D eigenvalue weighted by atomic mass is 16.5. The van der Waals surface area contributed by atoms with Crippen molar-refractivity contribution >= 4 is 22.7 Å². The lowest BCUT2D eigenvalue weighted by Gasteiger charge is -2.21. The third kappa shape index (κ3) is 3.73. The molecule has 4 rings (SSSR count). The average Bonchev–Trinajstić information content (AvgIpc) is 2.73. The molecule has 1 N–H and O–H groups in total. The molecule has 30 heavy (non-hydrogen) atoms. The van der Waals surface area contributed by atoms with Crippen molar-refractivity contribution in [2.75, 3.05) is 0 Å². The van der Waals surface area contributed by atoms with Crippen LogP contribution in [0.5, 0.6) is 5.75 Å². The Balaban J connectivity index is 1.84. The van der Waals surface area contributed by atoms with Crippen LogP contribution in [0.3, 0.4) is 0 Å². The molecule has 0 amide bonds. The molecule has 1 unspecified atom stereocenters. The van der Waals surface area contributed by atoms with Gasteiger partial charge in [-0.15, -0.1) is 0 Å². The standard InChI is InChI=1S/C26H24O4/c1-16-7-3-11-19(15-16)26(29)30-22-14-6-10-18-9-5-12-20(24(18)22)23-17(2)8-4-13-21(23)25(27)28/h4-10,12-14,19H,3,11,15H2,1-2H3,(H,27,28). The Labute approximate surface area is 175 Å². The highest BCUT2D eigenvalue weighted by Gasteiger charge is 2.25. The molecule has 0 heterocycles. The van der Waals surface area contributed by atoms with Crippen LogP contribution >= 0.6 is 0 Å². The van der Waals surface area contributed by atoms with E-state index in [0.717, 1.165) is 41.2 Å². The van der Waals surface area contributed by atoms with Crippen LogP contribution in [0, 0.1) is 12.8 Å². The molecule has 0 saturated heterocycles. The molecule has 0 aliphatic heterocycles. The highest BCUT2D eigenvalue weighted by Crippen LogP contribution is 2.39. The first-order valence-corrected chi connectivity index (χ1v) is 10.2. The number of benzene rings is 3. The minimum Gasteiger partial charge on any atom is -0.478 e. The van der Waals surface area contributed by atoms with Gasteiger partial charge >= 0.3 is 11.9 Å². The van der Waals surface area contributed by atoms with Gasteiger partial charge in [0.2, 0.25) is 0 Å². The fourth-order valence-electron chi connectivity index (χ4n) is 4.30. The molecule has 0 aromatic heterocycles. The Kier molecular flexibility index (Phi) is 5.40. The molecule has 0 bridgehead atoms. The van der Waals surface area contributed by atoms with Gasteiger partial charge in [-0.3, -0.25) is 4.79 Å². The number of aryl methyl sites for hydroxylation is 1. The number of carboxylic acids is 1. The van der Waals surface area contributed by atoms with Crippen molar-refractivity contribution in [3.8, 4) is 16.9 Å². The van der Waals surface area contributed by atoms with Crippen LogP contribution < -0.4 is 4.74 Å². The number of hydrogen-bond donors (Lipinski definition) is 1. The molecule has 0 radical (unpaired) electrons. The fourth-order valence-corrected chi connectivity index (χ4v) is 4.30. The molecule has 4 nitrogen and oxygen atoms in total. The first-order chi connectivity index (χ1) is 14.5. The Morgan fingerprint density at radius 3 is 2.47 bits per heavy atom. The number of rotatable bonds is 4. The van der Waals surface area contributed by atoms with Crippen LogP contribution in [0.1, 0.15) is 42.1 Å².